The quantitative estimate of drug-likeness (QED) is 0.532. The molecule has 146 valence electrons. The van der Waals surface area contributed by atoms with E-state index in [2.05, 4.69) is 20.4 Å². The summed E-state index contributed by atoms with van der Waals surface area (Å²) in [6.07, 6.45) is 2.18. The summed E-state index contributed by atoms with van der Waals surface area (Å²) in [6, 6.07) is 19.1. The molecule has 0 spiro atoms. The number of rotatable bonds is 6. The predicted octanol–water partition coefficient (Wildman–Crippen LogP) is 2.92. The van der Waals surface area contributed by atoms with Gasteiger partial charge in [0.2, 0.25) is 5.91 Å². The number of hydrogen-bond acceptors (Lipinski definition) is 4. The van der Waals surface area contributed by atoms with Crippen molar-refractivity contribution >= 4 is 16.9 Å². The third-order valence-electron chi connectivity index (χ3n) is 4.84. The Kier molecular flexibility index (Phi) is 5.20. The summed E-state index contributed by atoms with van der Waals surface area (Å²) in [5.41, 5.74) is 1.95. The van der Waals surface area contributed by atoms with Gasteiger partial charge in [0.25, 0.3) is 5.56 Å². The van der Waals surface area contributed by atoms with Crippen molar-refractivity contribution in [3.63, 3.8) is 0 Å². The lowest BCUT2D eigenvalue weighted by Gasteiger charge is -2.15. The van der Waals surface area contributed by atoms with Crippen LogP contribution in [0.15, 0.2) is 71.7 Å². The molecule has 2 heterocycles. The number of amides is 1. The summed E-state index contributed by atoms with van der Waals surface area (Å²) in [4.78, 5) is 32.4. The molecular formula is C22H21N5O2. The summed E-state index contributed by atoms with van der Waals surface area (Å²) < 4.78 is 1.62. The SMILES string of the molecule is CC[C@H](C(=O)NCc1nc2c(cnn2-c2ccccc2)c(=O)[nH]1)c1ccccc1. The molecule has 0 radical (unpaired) electrons. The van der Waals surface area contributed by atoms with Gasteiger partial charge in [-0.3, -0.25) is 9.59 Å². The largest absolute Gasteiger partial charge is 0.348 e. The van der Waals surface area contributed by atoms with Crippen LogP contribution in [0.5, 0.6) is 0 Å². The Hall–Kier alpha value is -3.74. The van der Waals surface area contributed by atoms with Gasteiger partial charge in [0, 0.05) is 0 Å². The summed E-state index contributed by atoms with van der Waals surface area (Å²) in [6.45, 7) is 2.11. The van der Waals surface area contributed by atoms with Crippen LogP contribution < -0.4 is 10.9 Å². The first-order valence-corrected chi connectivity index (χ1v) is 9.52. The minimum Gasteiger partial charge on any atom is -0.348 e. The first kappa shape index (κ1) is 18.6. The number of nitrogens with zero attached hydrogens (tertiary/aromatic N) is 3. The summed E-state index contributed by atoms with van der Waals surface area (Å²) >= 11 is 0. The molecule has 4 aromatic rings. The average Bonchev–Trinajstić information content (AvgIpc) is 3.19. The molecule has 2 aromatic heterocycles. The highest BCUT2D eigenvalue weighted by Crippen LogP contribution is 2.19. The van der Waals surface area contributed by atoms with Crippen molar-refractivity contribution in [2.45, 2.75) is 25.8 Å². The maximum Gasteiger partial charge on any atom is 0.262 e. The molecule has 1 amide bonds. The molecule has 0 aliphatic rings. The Morgan fingerprint density at radius 1 is 1.10 bits per heavy atom. The second-order valence-corrected chi connectivity index (χ2v) is 6.73. The third-order valence-corrected chi connectivity index (χ3v) is 4.84. The molecular weight excluding hydrogens is 366 g/mol. The lowest BCUT2D eigenvalue weighted by atomic mass is 9.96. The van der Waals surface area contributed by atoms with Crippen LogP contribution in [0.25, 0.3) is 16.7 Å². The van der Waals surface area contributed by atoms with E-state index < -0.39 is 0 Å². The number of nitrogens with one attached hydrogen (secondary N) is 2. The van der Waals surface area contributed by atoms with Crippen molar-refractivity contribution in [1.29, 1.82) is 0 Å². The van der Waals surface area contributed by atoms with Crippen LogP contribution >= 0.6 is 0 Å². The summed E-state index contributed by atoms with van der Waals surface area (Å²) in [5.74, 6) is 0.0379. The third kappa shape index (κ3) is 3.80. The smallest absolute Gasteiger partial charge is 0.262 e. The topological polar surface area (TPSA) is 92.7 Å². The van der Waals surface area contributed by atoms with E-state index in [1.165, 1.54) is 6.20 Å². The Balaban J connectivity index is 1.58. The van der Waals surface area contributed by atoms with Gasteiger partial charge in [0.1, 0.15) is 11.2 Å². The molecule has 7 heteroatoms. The maximum atomic E-state index is 12.7. The van der Waals surface area contributed by atoms with Crippen LogP contribution in [0.2, 0.25) is 0 Å². The highest BCUT2D eigenvalue weighted by molar-refractivity contribution is 5.83. The minimum absolute atomic E-state index is 0.0991. The predicted molar refractivity (Wildman–Crippen MR) is 111 cm³/mol. The van der Waals surface area contributed by atoms with E-state index in [4.69, 9.17) is 0 Å². The normalized spacial score (nSPS) is 12.0. The van der Waals surface area contributed by atoms with Crippen LogP contribution in [0, 0.1) is 0 Å². The molecule has 2 N–H and O–H groups in total. The lowest BCUT2D eigenvalue weighted by Crippen LogP contribution is -2.30. The number of aromatic nitrogens is 4. The summed E-state index contributed by atoms with van der Waals surface area (Å²) in [7, 11) is 0. The van der Waals surface area contributed by atoms with Crippen LogP contribution in [-0.4, -0.2) is 25.7 Å². The van der Waals surface area contributed by atoms with E-state index in [0.717, 1.165) is 11.3 Å². The fraction of sp³-hybridized carbons (Fsp3) is 0.182. The zero-order chi connectivity index (χ0) is 20.2. The molecule has 0 bridgehead atoms. The Morgan fingerprint density at radius 2 is 1.79 bits per heavy atom. The Labute approximate surface area is 167 Å². The van der Waals surface area contributed by atoms with Gasteiger partial charge in [-0.15, -0.1) is 0 Å². The monoisotopic (exact) mass is 387 g/mol. The van der Waals surface area contributed by atoms with Crippen LogP contribution in [0.3, 0.4) is 0 Å². The van der Waals surface area contributed by atoms with Crippen molar-refractivity contribution in [2.24, 2.45) is 0 Å². The van der Waals surface area contributed by atoms with Crippen molar-refractivity contribution in [3.8, 4) is 5.69 Å². The van der Waals surface area contributed by atoms with Crippen molar-refractivity contribution in [3.05, 3.63) is 88.6 Å². The summed E-state index contributed by atoms with van der Waals surface area (Å²) in [5, 5.41) is 7.58. The number of fused-ring (bicyclic) bond motifs is 1. The van der Waals surface area contributed by atoms with Gasteiger partial charge in [-0.1, -0.05) is 55.5 Å². The molecule has 1 atom stereocenters. The highest BCUT2D eigenvalue weighted by Gasteiger charge is 2.19. The van der Waals surface area contributed by atoms with Crippen LogP contribution in [0.4, 0.5) is 0 Å². The van der Waals surface area contributed by atoms with E-state index in [0.29, 0.717) is 23.3 Å². The van der Waals surface area contributed by atoms with Gasteiger partial charge in [0.15, 0.2) is 5.65 Å². The number of H-pyrrole nitrogens is 1. The highest BCUT2D eigenvalue weighted by atomic mass is 16.2. The van der Waals surface area contributed by atoms with Gasteiger partial charge >= 0.3 is 0 Å². The minimum atomic E-state index is -0.281. The van der Waals surface area contributed by atoms with E-state index in [9.17, 15) is 9.59 Å². The lowest BCUT2D eigenvalue weighted by molar-refractivity contribution is -0.122. The first-order chi connectivity index (χ1) is 14.2. The molecule has 0 aliphatic carbocycles. The second-order valence-electron chi connectivity index (χ2n) is 6.73. The number of aromatic amines is 1. The maximum absolute atomic E-state index is 12.7. The Bertz CT molecular complexity index is 1180. The van der Waals surface area contributed by atoms with Gasteiger partial charge in [0.05, 0.1) is 24.3 Å². The molecule has 0 saturated heterocycles. The standard InChI is InChI=1S/C22H21N5O2/c1-2-17(15-9-5-3-6-10-15)21(28)23-14-19-25-20-18(22(29)26-19)13-24-27(20)16-11-7-4-8-12-16/h3-13,17H,2,14H2,1H3,(H,23,28)(H,25,26,29)/t17-/m0/s1. The molecule has 0 fully saturated rings. The number of benzene rings is 2. The van der Waals surface area contributed by atoms with Gasteiger partial charge in [-0.2, -0.15) is 5.10 Å². The van der Waals surface area contributed by atoms with Crippen LogP contribution in [-0.2, 0) is 11.3 Å². The molecule has 7 nitrogen and oxygen atoms in total. The molecule has 29 heavy (non-hydrogen) atoms. The van der Waals surface area contributed by atoms with E-state index in [1.54, 1.807) is 4.68 Å². The fourth-order valence-corrected chi connectivity index (χ4v) is 3.36. The average molecular weight is 387 g/mol. The Morgan fingerprint density at radius 3 is 2.48 bits per heavy atom. The van der Waals surface area contributed by atoms with Gasteiger partial charge in [-0.25, -0.2) is 9.67 Å². The van der Waals surface area contributed by atoms with E-state index in [-0.39, 0.29) is 23.9 Å². The number of carbonyl (C=O) groups is 1. The van der Waals surface area contributed by atoms with Crippen molar-refractivity contribution in [2.75, 3.05) is 0 Å². The van der Waals surface area contributed by atoms with Crippen LogP contribution in [0.1, 0.15) is 30.7 Å². The molecule has 0 saturated carbocycles. The number of carbonyl (C=O) groups excluding carboxylic acids is 1. The van der Waals surface area contributed by atoms with Crippen molar-refractivity contribution < 1.29 is 4.79 Å². The van der Waals surface area contributed by atoms with E-state index >= 15 is 0 Å². The van der Waals surface area contributed by atoms with Gasteiger partial charge < -0.3 is 10.3 Å². The zero-order valence-corrected chi connectivity index (χ0v) is 16.0. The molecule has 0 aliphatic heterocycles. The van der Waals surface area contributed by atoms with Crippen molar-refractivity contribution in [1.82, 2.24) is 25.1 Å². The van der Waals surface area contributed by atoms with Gasteiger partial charge in [-0.05, 0) is 24.1 Å². The molecule has 0 unspecified atom stereocenters. The first-order valence-electron chi connectivity index (χ1n) is 9.52. The number of para-hydroxylation sites is 1. The number of hydrogen-bond donors (Lipinski definition) is 2. The second kappa shape index (κ2) is 8.10. The molecule has 2 aromatic carbocycles. The fourth-order valence-electron chi connectivity index (χ4n) is 3.36. The molecule has 4 rings (SSSR count). The zero-order valence-electron chi connectivity index (χ0n) is 16.0. The van der Waals surface area contributed by atoms with E-state index in [1.807, 2.05) is 67.6 Å².